The molecule has 3 aromatic heterocycles. The molecule has 0 unspecified atom stereocenters. The van der Waals surface area contributed by atoms with Crippen molar-refractivity contribution < 1.29 is 4.57 Å². The number of pyridine rings is 1. The third-order valence-corrected chi connectivity index (χ3v) is 6.78. The molecule has 7 rings (SSSR count). The second kappa shape index (κ2) is 6.42. The maximum atomic E-state index is 5.55. The Bertz CT molecular complexity index is 1860. The highest BCUT2D eigenvalue weighted by atomic mass is 15.2. The van der Waals surface area contributed by atoms with Crippen LogP contribution >= 0.6 is 0 Å². The van der Waals surface area contributed by atoms with E-state index < -0.39 is 0 Å². The fraction of sp³-hybridized carbons (Fsp3) is 0.103. The Morgan fingerprint density at radius 3 is 2.53 bits per heavy atom. The predicted molar refractivity (Wildman–Crippen MR) is 132 cm³/mol. The van der Waals surface area contributed by atoms with Gasteiger partial charge >= 0.3 is 0 Å². The minimum absolute atomic E-state index is 0.775. The Balaban J connectivity index is 1.66. The van der Waals surface area contributed by atoms with Crippen molar-refractivity contribution in [3.8, 4) is 12.3 Å². The van der Waals surface area contributed by atoms with Crippen molar-refractivity contribution >= 4 is 59.8 Å². The largest absolute Gasteiger partial charge is 0.239 e. The van der Waals surface area contributed by atoms with E-state index in [1.54, 1.807) is 0 Å². The maximum absolute atomic E-state index is 5.55. The van der Waals surface area contributed by atoms with Crippen LogP contribution in [0.5, 0.6) is 0 Å². The van der Waals surface area contributed by atoms with E-state index in [0.717, 1.165) is 30.4 Å². The molecular formula is C29H20N3+. The van der Waals surface area contributed by atoms with Gasteiger partial charge in [0.1, 0.15) is 5.52 Å². The predicted octanol–water partition coefficient (Wildman–Crippen LogP) is 6.24. The molecule has 0 N–H and O–H groups in total. The summed E-state index contributed by atoms with van der Waals surface area (Å²) in [4.78, 5) is 0. The van der Waals surface area contributed by atoms with Gasteiger partial charge < -0.3 is 0 Å². The van der Waals surface area contributed by atoms with Crippen molar-refractivity contribution in [2.24, 2.45) is 0 Å². The van der Waals surface area contributed by atoms with Crippen molar-refractivity contribution in [3.05, 3.63) is 79.0 Å². The first-order valence-electron chi connectivity index (χ1n) is 11.1. The molecule has 0 aliphatic heterocycles. The molecule has 0 atom stereocenters. The minimum Gasteiger partial charge on any atom is -0.234 e. The lowest BCUT2D eigenvalue weighted by Crippen LogP contribution is -2.33. The number of aryl methyl sites for hydroxylation is 1. The summed E-state index contributed by atoms with van der Waals surface area (Å²) in [5.74, 6) is 2.79. The summed E-state index contributed by atoms with van der Waals surface area (Å²) in [6, 6.07) is 26.2. The Kier molecular flexibility index (Phi) is 3.51. The molecular weight excluding hydrogens is 390 g/mol. The van der Waals surface area contributed by atoms with Gasteiger partial charge in [-0.25, -0.2) is 4.52 Å². The summed E-state index contributed by atoms with van der Waals surface area (Å²) in [6.45, 7) is 0.890. The standard InChI is InChI=1S/C29H20N3/c1-2-3-6-16-31-25-14-5-4-11-20(25)22-15-17-32-26(29(22)31)18-24-21-12-7-9-19-10-8-13-23(27(19)21)28(24)30-32/h1,4-5,7-15,17-18H,3,6,16H2/q+1. The Hall–Kier alpha value is -4.16. The zero-order chi connectivity index (χ0) is 21.2. The van der Waals surface area contributed by atoms with E-state index in [9.17, 15) is 0 Å². The molecule has 0 amide bonds. The summed E-state index contributed by atoms with van der Waals surface area (Å²) < 4.78 is 4.47. The number of para-hydroxylation sites is 1. The van der Waals surface area contributed by atoms with Crippen LogP contribution < -0.4 is 4.57 Å². The Labute approximate surface area is 184 Å². The zero-order valence-electron chi connectivity index (χ0n) is 17.5. The summed E-state index contributed by atoms with van der Waals surface area (Å²) in [5.41, 5.74) is 4.66. The van der Waals surface area contributed by atoms with Crippen molar-refractivity contribution in [2.45, 2.75) is 19.4 Å². The van der Waals surface area contributed by atoms with E-state index in [1.807, 2.05) is 4.52 Å². The smallest absolute Gasteiger partial charge is 0.234 e. The minimum atomic E-state index is 0.775. The van der Waals surface area contributed by atoms with E-state index in [2.05, 4.69) is 89.5 Å². The lowest BCUT2D eigenvalue weighted by molar-refractivity contribution is -0.643. The van der Waals surface area contributed by atoms with E-state index in [1.165, 1.54) is 48.7 Å². The molecule has 3 heteroatoms. The highest BCUT2D eigenvalue weighted by Gasteiger charge is 2.23. The average Bonchev–Trinajstić information content (AvgIpc) is 3.33. The molecule has 150 valence electrons. The van der Waals surface area contributed by atoms with Crippen LogP contribution in [0, 0.1) is 12.3 Å². The normalized spacial score (nSPS) is 12.1. The Morgan fingerprint density at radius 2 is 1.66 bits per heavy atom. The van der Waals surface area contributed by atoms with Crippen molar-refractivity contribution in [3.63, 3.8) is 0 Å². The number of unbranched alkanes of at least 4 members (excludes halogenated alkanes) is 1. The number of nitrogens with zero attached hydrogens (tertiary/aromatic N) is 3. The van der Waals surface area contributed by atoms with Crippen LogP contribution in [0.25, 0.3) is 59.8 Å². The molecule has 3 heterocycles. The van der Waals surface area contributed by atoms with E-state index in [0.29, 0.717) is 0 Å². The second-order valence-corrected chi connectivity index (χ2v) is 8.50. The van der Waals surface area contributed by atoms with Gasteiger partial charge in [0, 0.05) is 35.9 Å². The SMILES string of the molecule is C#CCCC[n+]1c2ccccc2c2ccn3nc4c(cc3c21)c1cccc2cccc4c21. The fourth-order valence-electron chi connectivity index (χ4n) is 5.44. The van der Waals surface area contributed by atoms with Crippen LogP contribution in [0.4, 0.5) is 0 Å². The van der Waals surface area contributed by atoms with Crippen LogP contribution in [-0.4, -0.2) is 9.61 Å². The molecule has 0 saturated heterocycles. The Morgan fingerprint density at radius 1 is 0.844 bits per heavy atom. The van der Waals surface area contributed by atoms with Crippen LogP contribution in [0.15, 0.2) is 79.0 Å². The lowest BCUT2D eigenvalue weighted by Gasteiger charge is -2.03. The number of hydrogen-bond acceptors (Lipinski definition) is 1. The van der Waals surface area contributed by atoms with Crippen molar-refractivity contribution in [2.75, 3.05) is 0 Å². The van der Waals surface area contributed by atoms with E-state index in [-0.39, 0.29) is 0 Å². The molecule has 0 bridgehead atoms. The maximum Gasteiger partial charge on any atom is 0.239 e. The molecule has 3 nitrogen and oxygen atoms in total. The van der Waals surface area contributed by atoms with Gasteiger partial charge in [0.25, 0.3) is 0 Å². The highest BCUT2D eigenvalue weighted by Crippen LogP contribution is 2.38. The molecule has 0 spiro atoms. The first-order chi connectivity index (χ1) is 15.8. The zero-order valence-corrected chi connectivity index (χ0v) is 17.5. The molecule has 32 heavy (non-hydrogen) atoms. The lowest BCUT2D eigenvalue weighted by atomic mass is 10.1. The summed E-state index contributed by atoms with van der Waals surface area (Å²) >= 11 is 0. The molecule has 7 aromatic rings. The molecule has 0 aliphatic rings. The van der Waals surface area contributed by atoms with Crippen LogP contribution in [-0.2, 0) is 6.54 Å². The van der Waals surface area contributed by atoms with Crippen LogP contribution in [0.1, 0.15) is 12.8 Å². The first-order valence-corrected chi connectivity index (χ1v) is 11.1. The van der Waals surface area contributed by atoms with Gasteiger partial charge in [-0.05, 0) is 34.4 Å². The topological polar surface area (TPSA) is 21.2 Å². The molecule has 0 fully saturated rings. The molecule has 0 aliphatic carbocycles. The fourth-order valence-corrected chi connectivity index (χ4v) is 5.44. The number of aromatic nitrogens is 3. The second-order valence-electron chi connectivity index (χ2n) is 8.50. The van der Waals surface area contributed by atoms with Gasteiger partial charge in [0.2, 0.25) is 11.0 Å². The summed E-state index contributed by atoms with van der Waals surface area (Å²) in [6.07, 6.45) is 9.37. The van der Waals surface area contributed by atoms with Gasteiger partial charge in [-0.3, -0.25) is 0 Å². The number of hydrogen-bond donors (Lipinski definition) is 0. The average molecular weight is 411 g/mol. The van der Waals surface area contributed by atoms with Crippen LogP contribution in [0.2, 0.25) is 0 Å². The van der Waals surface area contributed by atoms with E-state index in [4.69, 9.17) is 11.5 Å². The highest BCUT2D eigenvalue weighted by molar-refractivity contribution is 6.29. The van der Waals surface area contributed by atoms with Crippen LogP contribution in [0.3, 0.4) is 0 Å². The molecule has 0 radical (unpaired) electrons. The summed E-state index contributed by atoms with van der Waals surface area (Å²) in [5, 5.41) is 13.9. The van der Waals surface area contributed by atoms with Crippen molar-refractivity contribution in [1.82, 2.24) is 9.61 Å². The number of benzene rings is 3. The van der Waals surface area contributed by atoms with E-state index >= 15 is 0 Å². The molecule has 0 saturated carbocycles. The van der Waals surface area contributed by atoms with Crippen molar-refractivity contribution in [1.29, 1.82) is 0 Å². The number of rotatable bonds is 3. The summed E-state index contributed by atoms with van der Waals surface area (Å²) in [7, 11) is 0. The monoisotopic (exact) mass is 410 g/mol. The van der Waals surface area contributed by atoms with Gasteiger partial charge in [-0.15, -0.1) is 12.3 Å². The van der Waals surface area contributed by atoms with Gasteiger partial charge in [-0.2, -0.15) is 9.67 Å². The quantitative estimate of drug-likeness (QED) is 0.192. The van der Waals surface area contributed by atoms with Gasteiger partial charge in [0.05, 0.1) is 16.3 Å². The third kappa shape index (κ3) is 2.22. The third-order valence-electron chi connectivity index (χ3n) is 6.78. The number of fused-ring (bicyclic) bond motifs is 8. The van der Waals surface area contributed by atoms with Gasteiger partial charge in [-0.1, -0.05) is 48.5 Å². The molecule has 4 aromatic carbocycles. The van der Waals surface area contributed by atoms with Gasteiger partial charge in [0.15, 0.2) is 6.54 Å². The first kappa shape index (κ1) is 17.5. The number of terminal acetylenes is 1.